The lowest BCUT2D eigenvalue weighted by atomic mass is 10.1. The summed E-state index contributed by atoms with van der Waals surface area (Å²) in [6, 6.07) is 4.41. The van der Waals surface area contributed by atoms with Crippen LogP contribution in [0.3, 0.4) is 0 Å². The van der Waals surface area contributed by atoms with E-state index in [2.05, 4.69) is 24.5 Å². The first-order chi connectivity index (χ1) is 19.8. The molecule has 41 heavy (non-hydrogen) atoms. The fourth-order valence-electron chi connectivity index (χ4n) is 4.80. The van der Waals surface area contributed by atoms with Crippen LogP contribution in [0, 0.1) is 0 Å². The summed E-state index contributed by atoms with van der Waals surface area (Å²) in [4.78, 5) is 50.0. The molecule has 1 rings (SSSR count). The second-order valence-corrected chi connectivity index (χ2v) is 10.8. The summed E-state index contributed by atoms with van der Waals surface area (Å²) in [5.74, 6) is -3.23. The number of amides is 2. The zero-order valence-electron chi connectivity index (χ0n) is 25.3. The SMILES string of the molecule is CCCCCCCCCCNC(=O)c1ccc(C(=O)NCCCCCCCCCC)c(N(CC(=O)O)CC(=O)O)c1. The van der Waals surface area contributed by atoms with E-state index in [9.17, 15) is 29.4 Å². The first kappa shape index (κ1) is 35.9. The average molecular weight is 576 g/mol. The van der Waals surface area contributed by atoms with E-state index in [1.807, 2.05) is 0 Å². The third kappa shape index (κ3) is 16.7. The molecule has 0 aromatic heterocycles. The van der Waals surface area contributed by atoms with Gasteiger partial charge in [0.05, 0.1) is 11.3 Å². The molecule has 0 radical (unpaired) electrons. The van der Waals surface area contributed by atoms with Crippen LogP contribution in [-0.4, -0.2) is 60.1 Å². The number of carboxylic acid groups (broad SMARTS) is 2. The maximum Gasteiger partial charge on any atom is 0.323 e. The van der Waals surface area contributed by atoms with Gasteiger partial charge < -0.3 is 25.7 Å². The van der Waals surface area contributed by atoms with E-state index in [0.29, 0.717) is 13.1 Å². The van der Waals surface area contributed by atoms with Crippen molar-refractivity contribution in [2.75, 3.05) is 31.1 Å². The third-order valence-corrected chi connectivity index (χ3v) is 7.13. The molecule has 0 aliphatic rings. The number of benzene rings is 1. The normalized spacial score (nSPS) is 10.8. The van der Waals surface area contributed by atoms with Gasteiger partial charge in [0.25, 0.3) is 11.8 Å². The molecule has 2 amide bonds. The topological polar surface area (TPSA) is 136 Å². The first-order valence-corrected chi connectivity index (χ1v) is 15.7. The number of carboxylic acids is 2. The summed E-state index contributed by atoms with van der Waals surface area (Å²) in [5, 5.41) is 24.5. The Bertz CT molecular complexity index is 905. The van der Waals surface area contributed by atoms with Gasteiger partial charge in [0.2, 0.25) is 0 Å². The molecular formula is C32H53N3O6. The zero-order chi connectivity index (χ0) is 30.3. The highest BCUT2D eigenvalue weighted by atomic mass is 16.4. The van der Waals surface area contributed by atoms with E-state index in [0.717, 1.165) is 43.4 Å². The van der Waals surface area contributed by atoms with Gasteiger partial charge in [-0.2, -0.15) is 0 Å². The van der Waals surface area contributed by atoms with Crippen LogP contribution in [0.1, 0.15) is 137 Å². The smallest absolute Gasteiger partial charge is 0.323 e. The molecule has 9 nitrogen and oxygen atoms in total. The number of unbranched alkanes of at least 4 members (excludes halogenated alkanes) is 14. The lowest BCUT2D eigenvalue weighted by Crippen LogP contribution is -2.37. The van der Waals surface area contributed by atoms with Crippen molar-refractivity contribution in [2.45, 2.75) is 117 Å². The second kappa shape index (κ2) is 22.6. The maximum atomic E-state index is 13.1. The zero-order valence-corrected chi connectivity index (χ0v) is 25.3. The molecule has 0 spiro atoms. The van der Waals surface area contributed by atoms with Crippen molar-refractivity contribution in [3.05, 3.63) is 29.3 Å². The molecule has 4 N–H and O–H groups in total. The molecule has 0 saturated heterocycles. The van der Waals surface area contributed by atoms with Gasteiger partial charge in [0.15, 0.2) is 0 Å². The van der Waals surface area contributed by atoms with Gasteiger partial charge in [-0.1, -0.05) is 104 Å². The molecule has 9 heteroatoms. The fourth-order valence-corrected chi connectivity index (χ4v) is 4.80. The standard InChI is InChI=1S/C32H53N3O6/c1-3-5-7-9-11-13-15-17-21-33-31(40)26-19-20-27(28(23-26)35(24-29(36)37)25-30(38)39)32(41)34-22-18-16-14-12-10-8-6-4-2/h19-20,23H,3-18,21-22,24-25H2,1-2H3,(H,33,40)(H,34,41)(H,36,37)(H,38,39). The molecule has 0 atom stereocenters. The van der Waals surface area contributed by atoms with Crippen molar-refractivity contribution in [1.82, 2.24) is 10.6 Å². The third-order valence-electron chi connectivity index (χ3n) is 7.13. The quantitative estimate of drug-likeness (QED) is 0.0990. The van der Waals surface area contributed by atoms with Gasteiger partial charge in [0.1, 0.15) is 13.1 Å². The number of hydrogen-bond donors (Lipinski definition) is 4. The number of nitrogens with one attached hydrogen (secondary N) is 2. The largest absolute Gasteiger partial charge is 0.480 e. The van der Waals surface area contributed by atoms with E-state index in [4.69, 9.17) is 0 Å². The predicted octanol–water partition coefficient (Wildman–Crippen LogP) is 6.40. The Morgan fingerprint density at radius 2 is 1.02 bits per heavy atom. The van der Waals surface area contributed by atoms with E-state index in [1.165, 1.54) is 82.4 Å². The highest BCUT2D eigenvalue weighted by molar-refractivity contribution is 6.03. The minimum Gasteiger partial charge on any atom is -0.480 e. The molecule has 0 aliphatic carbocycles. The van der Waals surface area contributed by atoms with Crippen molar-refractivity contribution < 1.29 is 29.4 Å². The summed E-state index contributed by atoms with van der Waals surface area (Å²) in [6.07, 6.45) is 18.3. The van der Waals surface area contributed by atoms with Gasteiger partial charge in [-0.3, -0.25) is 19.2 Å². The predicted molar refractivity (Wildman–Crippen MR) is 164 cm³/mol. The Kier molecular flexibility index (Phi) is 19.8. The van der Waals surface area contributed by atoms with E-state index < -0.39 is 30.9 Å². The van der Waals surface area contributed by atoms with Crippen molar-refractivity contribution in [2.24, 2.45) is 0 Å². The first-order valence-electron chi connectivity index (χ1n) is 15.7. The van der Waals surface area contributed by atoms with Crippen LogP contribution >= 0.6 is 0 Å². The van der Waals surface area contributed by atoms with Crippen LogP contribution in [0.2, 0.25) is 0 Å². The molecule has 0 saturated carbocycles. The Balaban J connectivity index is 2.79. The van der Waals surface area contributed by atoms with Crippen LogP contribution in [0.4, 0.5) is 5.69 Å². The summed E-state index contributed by atoms with van der Waals surface area (Å²) < 4.78 is 0. The Morgan fingerprint density at radius 1 is 0.610 bits per heavy atom. The number of nitrogens with zero attached hydrogens (tertiary/aromatic N) is 1. The fraction of sp³-hybridized carbons (Fsp3) is 0.688. The Hall–Kier alpha value is -3.10. The minimum atomic E-state index is -1.24. The molecule has 0 fully saturated rings. The highest BCUT2D eigenvalue weighted by Gasteiger charge is 2.22. The Morgan fingerprint density at radius 3 is 1.46 bits per heavy atom. The molecule has 0 aliphatic heterocycles. The van der Waals surface area contributed by atoms with Crippen molar-refractivity contribution in [3.63, 3.8) is 0 Å². The average Bonchev–Trinajstić information content (AvgIpc) is 2.94. The summed E-state index contributed by atoms with van der Waals surface area (Å²) in [5.41, 5.74) is 0.509. The Labute approximate surface area is 246 Å². The monoisotopic (exact) mass is 575 g/mol. The number of aliphatic carboxylic acids is 2. The second-order valence-electron chi connectivity index (χ2n) is 10.8. The number of rotatable bonds is 25. The van der Waals surface area contributed by atoms with Gasteiger partial charge in [-0.25, -0.2) is 0 Å². The number of hydrogen-bond acceptors (Lipinski definition) is 5. The van der Waals surface area contributed by atoms with Gasteiger partial charge in [0, 0.05) is 18.7 Å². The van der Waals surface area contributed by atoms with Gasteiger partial charge in [-0.05, 0) is 31.0 Å². The number of carbonyl (C=O) groups is 4. The van der Waals surface area contributed by atoms with E-state index >= 15 is 0 Å². The molecule has 0 unspecified atom stereocenters. The van der Waals surface area contributed by atoms with Gasteiger partial charge >= 0.3 is 11.9 Å². The molecule has 0 heterocycles. The van der Waals surface area contributed by atoms with Crippen LogP contribution in [0.25, 0.3) is 0 Å². The number of anilines is 1. The lowest BCUT2D eigenvalue weighted by molar-refractivity contribution is -0.136. The van der Waals surface area contributed by atoms with Crippen molar-refractivity contribution in [3.8, 4) is 0 Å². The summed E-state index contributed by atoms with van der Waals surface area (Å²) in [6.45, 7) is 4.13. The highest BCUT2D eigenvalue weighted by Crippen LogP contribution is 2.23. The lowest BCUT2D eigenvalue weighted by Gasteiger charge is -2.24. The molecule has 1 aromatic carbocycles. The minimum absolute atomic E-state index is 0.114. The number of carbonyl (C=O) groups excluding carboxylic acids is 2. The van der Waals surface area contributed by atoms with Crippen molar-refractivity contribution in [1.29, 1.82) is 0 Å². The molecule has 0 bridgehead atoms. The van der Waals surface area contributed by atoms with Gasteiger partial charge in [-0.15, -0.1) is 0 Å². The van der Waals surface area contributed by atoms with Crippen LogP contribution in [0.5, 0.6) is 0 Å². The van der Waals surface area contributed by atoms with E-state index in [-0.39, 0.29) is 22.7 Å². The molecular weight excluding hydrogens is 522 g/mol. The summed E-state index contributed by atoms with van der Waals surface area (Å²) in [7, 11) is 0. The van der Waals surface area contributed by atoms with Crippen LogP contribution in [-0.2, 0) is 9.59 Å². The molecule has 232 valence electrons. The van der Waals surface area contributed by atoms with Crippen molar-refractivity contribution >= 4 is 29.4 Å². The summed E-state index contributed by atoms with van der Waals surface area (Å²) >= 11 is 0. The van der Waals surface area contributed by atoms with E-state index in [1.54, 1.807) is 0 Å². The van der Waals surface area contributed by atoms with Crippen LogP contribution in [0.15, 0.2) is 18.2 Å². The maximum absolute atomic E-state index is 13.1. The molecule has 1 aromatic rings. The van der Waals surface area contributed by atoms with Crippen LogP contribution < -0.4 is 15.5 Å².